The van der Waals surface area contributed by atoms with Crippen LogP contribution in [0.15, 0.2) is 77.2 Å². The highest BCUT2D eigenvalue weighted by Crippen LogP contribution is 2.34. The van der Waals surface area contributed by atoms with Gasteiger partial charge in [-0.1, -0.05) is 66.8 Å². The molecular formula is C27H24N2O3S. The van der Waals surface area contributed by atoms with Crippen LogP contribution in [0.3, 0.4) is 0 Å². The molecule has 0 aliphatic rings. The molecule has 0 saturated heterocycles. The Kier molecular flexibility index (Phi) is 5.84. The Labute approximate surface area is 196 Å². The normalized spacial score (nSPS) is 11.2. The second-order valence-electron chi connectivity index (χ2n) is 7.75. The summed E-state index contributed by atoms with van der Waals surface area (Å²) in [6, 6.07) is 23.6. The van der Waals surface area contributed by atoms with Crippen LogP contribution in [0.25, 0.3) is 21.2 Å². The third-order valence-electron chi connectivity index (χ3n) is 5.53. The number of amides is 1. The van der Waals surface area contributed by atoms with Gasteiger partial charge in [0.15, 0.2) is 22.2 Å². The van der Waals surface area contributed by atoms with Crippen LogP contribution in [0, 0.1) is 0 Å². The highest BCUT2D eigenvalue weighted by molar-refractivity contribution is 7.22. The second-order valence-corrected chi connectivity index (χ2v) is 8.76. The third kappa shape index (κ3) is 4.22. The summed E-state index contributed by atoms with van der Waals surface area (Å²) in [5.41, 5.74) is 3.74. The van der Waals surface area contributed by atoms with Gasteiger partial charge in [-0.15, -0.1) is 0 Å². The summed E-state index contributed by atoms with van der Waals surface area (Å²) in [7, 11) is 0. The molecule has 33 heavy (non-hydrogen) atoms. The molecule has 3 aromatic carbocycles. The van der Waals surface area contributed by atoms with Crippen molar-refractivity contribution in [1.82, 2.24) is 4.98 Å². The van der Waals surface area contributed by atoms with Gasteiger partial charge in [-0.05, 0) is 48.7 Å². The van der Waals surface area contributed by atoms with E-state index >= 15 is 0 Å². The Morgan fingerprint density at radius 2 is 1.85 bits per heavy atom. The monoisotopic (exact) mass is 456 g/mol. The van der Waals surface area contributed by atoms with Crippen molar-refractivity contribution >= 4 is 43.6 Å². The Morgan fingerprint density at radius 1 is 1.00 bits per heavy atom. The summed E-state index contributed by atoms with van der Waals surface area (Å²) in [6.07, 6.45) is 0.955. The molecule has 5 aromatic rings. The maximum Gasteiger partial charge on any atom is 0.296 e. The number of hydrogen-bond donors (Lipinski definition) is 0. The van der Waals surface area contributed by atoms with Crippen LogP contribution in [-0.4, -0.2) is 17.5 Å². The van der Waals surface area contributed by atoms with Crippen LogP contribution in [0.2, 0.25) is 0 Å². The molecule has 0 atom stereocenters. The van der Waals surface area contributed by atoms with Crippen LogP contribution in [-0.2, 0) is 13.0 Å². The first kappa shape index (κ1) is 21.2. The third-order valence-corrected chi connectivity index (χ3v) is 6.57. The molecule has 5 rings (SSSR count). The molecule has 0 saturated carbocycles. The topological polar surface area (TPSA) is 55.6 Å². The predicted octanol–water partition coefficient (Wildman–Crippen LogP) is 6.85. The van der Waals surface area contributed by atoms with Crippen LogP contribution < -0.4 is 9.64 Å². The van der Waals surface area contributed by atoms with Gasteiger partial charge >= 0.3 is 0 Å². The standard InChI is InChI=1S/C27H24N2O3S/c1-3-18-13-14-21-24(15-18)33-27(28-21)29(17-19-9-6-5-7-10-19)26(30)23-16-20-11-8-12-22(31-4-2)25(20)32-23/h5-16H,3-4,17H2,1-2H3. The fraction of sp³-hybridized carbons (Fsp3) is 0.185. The quantitative estimate of drug-likeness (QED) is 0.269. The number of rotatable bonds is 7. The maximum atomic E-state index is 13.7. The van der Waals surface area contributed by atoms with Gasteiger partial charge in [0.05, 0.1) is 23.4 Å². The number of fused-ring (bicyclic) bond motifs is 2. The Morgan fingerprint density at radius 3 is 2.64 bits per heavy atom. The molecule has 2 aromatic heterocycles. The van der Waals surface area contributed by atoms with Crippen molar-refractivity contribution < 1.29 is 13.9 Å². The Balaban J connectivity index is 1.57. The molecule has 0 bridgehead atoms. The van der Waals surface area contributed by atoms with Gasteiger partial charge in [0.25, 0.3) is 5.91 Å². The molecule has 0 fully saturated rings. The van der Waals surface area contributed by atoms with Crippen molar-refractivity contribution in [3.8, 4) is 5.75 Å². The van der Waals surface area contributed by atoms with Crippen molar-refractivity contribution in [3.63, 3.8) is 0 Å². The summed E-state index contributed by atoms with van der Waals surface area (Å²) in [5.74, 6) is 0.671. The van der Waals surface area contributed by atoms with E-state index in [2.05, 4.69) is 19.1 Å². The number of anilines is 1. The average Bonchev–Trinajstić information content (AvgIpc) is 3.47. The zero-order valence-corrected chi connectivity index (χ0v) is 19.4. The summed E-state index contributed by atoms with van der Waals surface area (Å²) in [5, 5.41) is 1.48. The van der Waals surface area contributed by atoms with Crippen LogP contribution in [0.1, 0.15) is 35.5 Å². The zero-order chi connectivity index (χ0) is 22.8. The molecular weight excluding hydrogens is 432 g/mol. The van der Waals surface area contributed by atoms with Crippen LogP contribution in [0.4, 0.5) is 5.13 Å². The molecule has 166 valence electrons. The van der Waals surface area contributed by atoms with Gasteiger partial charge in [-0.25, -0.2) is 4.98 Å². The van der Waals surface area contributed by atoms with Gasteiger partial charge in [-0.2, -0.15) is 0 Å². The zero-order valence-electron chi connectivity index (χ0n) is 18.6. The number of carbonyl (C=O) groups is 1. The van der Waals surface area contributed by atoms with E-state index in [4.69, 9.17) is 14.1 Å². The molecule has 1 amide bonds. The lowest BCUT2D eigenvalue weighted by Crippen LogP contribution is -2.30. The molecule has 0 unspecified atom stereocenters. The minimum atomic E-state index is -0.229. The van der Waals surface area contributed by atoms with Gasteiger partial charge in [-0.3, -0.25) is 9.69 Å². The lowest BCUT2D eigenvalue weighted by molar-refractivity contribution is 0.0960. The van der Waals surface area contributed by atoms with Crippen molar-refractivity contribution in [2.45, 2.75) is 26.8 Å². The number of nitrogens with zero attached hydrogens (tertiary/aromatic N) is 2. The smallest absolute Gasteiger partial charge is 0.296 e. The van der Waals surface area contributed by atoms with E-state index in [1.54, 1.807) is 11.0 Å². The fourth-order valence-electron chi connectivity index (χ4n) is 3.83. The first-order chi connectivity index (χ1) is 16.2. The second kappa shape index (κ2) is 9.08. The number of thiazole rings is 1. The molecule has 0 N–H and O–H groups in total. The SMILES string of the molecule is CCOc1cccc2cc(C(=O)N(Cc3ccccc3)c3nc4ccc(CC)cc4s3)oc12. The molecule has 0 aliphatic heterocycles. The Bertz CT molecular complexity index is 1420. The molecule has 5 nitrogen and oxygen atoms in total. The number of furan rings is 1. The van der Waals surface area contributed by atoms with E-state index in [9.17, 15) is 4.79 Å². The minimum Gasteiger partial charge on any atom is -0.490 e. The highest BCUT2D eigenvalue weighted by Gasteiger charge is 2.25. The van der Waals surface area contributed by atoms with E-state index in [1.165, 1.54) is 16.9 Å². The average molecular weight is 457 g/mol. The number of ether oxygens (including phenoxy) is 1. The first-order valence-electron chi connectivity index (χ1n) is 11.1. The Hall–Kier alpha value is -3.64. The van der Waals surface area contributed by atoms with Crippen molar-refractivity contribution in [2.75, 3.05) is 11.5 Å². The van der Waals surface area contributed by atoms with Crippen LogP contribution in [0.5, 0.6) is 5.75 Å². The van der Waals surface area contributed by atoms with E-state index in [-0.39, 0.29) is 11.7 Å². The highest BCUT2D eigenvalue weighted by atomic mass is 32.1. The van der Waals surface area contributed by atoms with E-state index in [1.807, 2.05) is 61.5 Å². The number of benzene rings is 3. The molecule has 6 heteroatoms. The van der Waals surface area contributed by atoms with Crippen molar-refractivity contribution in [3.05, 3.63) is 89.7 Å². The van der Waals surface area contributed by atoms with Gasteiger partial charge in [0.2, 0.25) is 0 Å². The molecule has 0 aliphatic carbocycles. The summed E-state index contributed by atoms with van der Waals surface area (Å²) >= 11 is 1.52. The fourth-order valence-corrected chi connectivity index (χ4v) is 4.86. The van der Waals surface area contributed by atoms with Crippen molar-refractivity contribution in [2.24, 2.45) is 0 Å². The summed E-state index contributed by atoms with van der Waals surface area (Å²) < 4.78 is 12.8. The predicted molar refractivity (Wildman–Crippen MR) is 133 cm³/mol. The number of aryl methyl sites for hydroxylation is 1. The minimum absolute atomic E-state index is 0.229. The molecule has 0 radical (unpaired) electrons. The van der Waals surface area contributed by atoms with E-state index < -0.39 is 0 Å². The van der Waals surface area contributed by atoms with Gasteiger partial charge in [0.1, 0.15) is 0 Å². The summed E-state index contributed by atoms with van der Waals surface area (Å²) in [6.45, 7) is 4.98. The van der Waals surface area contributed by atoms with E-state index in [0.717, 1.165) is 27.6 Å². The van der Waals surface area contributed by atoms with Crippen molar-refractivity contribution in [1.29, 1.82) is 0 Å². The largest absolute Gasteiger partial charge is 0.490 e. The number of aromatic nitrogens is 1. The lowest BCUT2D eigenvalue weighted by atomic mass is 10.2. The number of hydrogen-bond acceptors (Lipinski definition) is 5. The van der Waals surface area contributed by atoms with Gasteiger partial charge < -0.3 is 9.15 Å². The summed E-state index contributed by atoms with van der Waals surface area (Å²) in [4.78, 5) is 20.2. The van der Waals surface area contributed by atoms with Crippen LogP contribution >= 0.6 is 11.3 Å². The first-order valence-corrected chi connectivity index (χ1v) is 11.9. The number of carbonyl (C=O) groups excluding carboxylic acids is 1. The maximum absolute atomic E-state index is 13.7. The molecule has 2 heterocycles. The van der Waals surface area contributed by atoms with Gasteiger partial charge in [0, 0.05) is 5.39 Å². The number of para-hydroxylation sites is 1. The van der Waals surface area contributed by atoms with E-state index in [0.29, 0.717) is 29.6 Å². The lowest BCUT2D eigenvalue weighted by Gasteiger charge is -2.18. The molecule has 0 spiro atoms.